The van der Waals surface area contributed by atoms with Gasteiger partial charge in [0, 0.05) is 50.7 Å². The van der Waals surface area contributed by atoms with Gasteiger partial charge in [-0.05, 0) is 25.5 Å². The van der Waals surface area contributed by atoms with Gasteiger partial charge in [-0.25, -0.2) is 0 Å². The lowest BCUT2D eigenvalue weighted by Crippen LogP contribution is -2.37. The van der Waals surface area contributed by atoms with Gasteiger partial charge < -0.3 is 14.5 Å². The average molecular weight is 356 g/mol. The van der Waals surface area contributed by atoms with Crippen molar-refractivity contribution in [2.75, 3.05) is 38.3 Å². The third-order valence-electron chi connectivity index (χ3n) is 5.16. The van der Waals surface area contributed by atoms with E-state index in [2.05, 4.69) is 28.2 Å². The number of aromatic nitrogens is 2. The molecule has 6 heteroatoms. The zero-order valence-electron chi connectivity index (χ0n) is 16.2. The summed E-state index contributed by atoms with van der Waals surface area (Å²) in [4.78, 5) is 16.9. The molecule has 0 unspecified atom stereocenters. The van der Waals surface area contributed by atoms with Crippen LogP contribution in [0.5, 0.6) is 0 Å². The maximum absolute atomic E-state index is 12.8. The smallest absolute Gasteiger partial charge is 0.227 e. The molecule has 1 fully saturated rings. The third kappa shape index (κ3) is 3.90. The van der Waals surface area contributed by atoms with E-state index in [0.717, 1.165) is 43.3 Å². The summed E-state index contributed by atoms with van der Waals surface area (Å²) in [6.07, 6.45) is 0.391. The molecular weight excluding hydrogens is 328 g/mol. The van der Waals surface area contributed by atoms with Crippen molar-refractivity contribution in [2.24, 2.45) is 7.05 Å². The SMILES string of the molecule is Cc1nn(C)c(C)c1CC(=O)N(C)Cc1ccccc1N1CCOCC1. The fraction of sp³-hybridized carbons (Fsp3) is 0.500. The molecule has 1 aliphatic heterocycles. The topological polar surface area (TPSA) is 50.6 Å². The van der Waals surface area contributed by atoms with Crippen molar-refractivity contribution in [2.45, 2.75) is 26.8 Å². The molecule has 1 aliphatic rings. The van der Waals surface area contributed by atoms with Crippen molar-refractivity contribution in [3.05, 3.63) is 46.8 Å². The summed E-state index contributed by atoms with van der Waals surface area (Å²) in [6.45, 7) is 7.86. The van der Waals surface area contributed by atoms with Gasteiger partial charge in [0.2, 0.25) is 5.91 Å². The maximum Gasteiger partial charge on any atom is 0.227 e. The zero-order chi connectivity index (χ0) is 18.7. The van der Waals surface area contributed by atoms with Gasteiger partial charge in [0.15, 0.2) is 0 Å². The van der Waals surface area contributed by atoms with Crippen molar-refractivity contribution in [3.8, 4) is 0 Å². The molecule has 0 aliphatic carbocycles. The van der Waals surface area contributed by atoms with Gasteiger partial charge in [-0.15, -0.1) is 0 Å². The number of carbonyl (C=O) groups is 1. The second-order valence-corrected chi connectivity index (χ2v) is 6.93. The zero-order valence-corrected chi connectivity index (χ0v) is 16.2. The van der Waals surface area contributed by atoms with Crippen molar-refractivity contribution in [1.29, 1.82) is 0 Å². The number of para-hydroxylation sites is 1. The Morgan fingerprint density at radius 1 is 1.23 bits per heavy atom. The highest BCUT2D eigenvalue weighted by molar-refractivity contribution is 5.79. The molecule has 1 amide bonds. The number of rotatable bonds is 5. The number of aryl methyl sites for hydroxylation is 2. The van der Waals surface area contributed by atoms with E-state index in [-0.39, 0.29) is 5.91 Å². The summed E-state index contributed by atoms with van der Waals surface area (Å²) in [5, 5.41) is 4.41. The third-order valence-corrected chi connectivity index (χ3v) is 5.16. The van der Waals surface area contributed by atoms with Crippen LogP contribution in [0.4, 0.5) is 5.69 Å². The number of morpholine rings is 1. The summed E-state index contributed by atoms with van der Waals surface area (Å²) >= 11 is 0. The number of amides is 1. The van der Waals surface area contributed by atoms with E-state index in [1.807, 2.05) is 43.6 Å². The average Bonchev–Trinajstić information content (AvgIpc) is 2.89. The Morgan fingerprint density at radius 2 is 1.92 bits per heavy atom. The van der Waals surface area contributed by atoms with Crippen LogP contribution in [0.1, 0.15) is 22.5 Å². The molecule has 0 atom stereocenters. The van der Waals surface area contributed by atoms with Crippen LogP contribution in [0.2, 0.25) is 0 Å². The van der Waals surface area contributed by atoms with E-state index < -0.39 is 0 Å². The highest BCUT2D eigenvalue weighted by Crippen LogP contribution is 2.23. The Labute approximate surface area is 155 Å². The summed E-state index contributed by atoms with van der Waals surface area (Å²) in [7, 11) is 3.79. The van der Waals surface area contributed by atoms with Gasteiger partial charge in [0.05, 0.1) is 25.3 Å². The van der Waals surface area contributed by atoms with Crippen LogP contribution < -0.4 is 4.90 Å². The molecule has 26 heavy (non-hydrogen) atoms. The van der Waals surface area contributed by atoms with E-state index >= 15 is 0 Å². The number of carbonyl (C=O) groups excluding carboxylic acids is 1. The normalized spacial score (nSPS) is 14.5. The van der Waals surface area contributed by atoms with Crippen LogP contribution in [-0.4, -0.2) is 53.9 Å². The molecule has 0 radical (unpaired) electrons. The number of likely N-dealkylation sites (N-methyl/N-ethyl adjacent to an activating group) is 1. The quantitative estimate of drug-likeness (QED) is 0.823. The monoisotopic (exact) mass is 356 g/mol. The predicted molar refractivity (Wildman–Crippen MR) is 102 cm³/mol. The fourth-order valence-electron chi connectivity index (χ4n) is 3.46. The Balaban J connectivity index is 1.71. The molecule has 0 N–H and O–H groups in total. The van der Waals surface area contributed by atoms with E-state index in [1.54, 1.807) is 0 Å². The predicted octanol–water partition coefficient (Wildman–Crippen LogP) is 2.07. The summed E-state index contributed by atoms with van der Waals surface area (Å²) in [6, 6.07) is 8.33. The summed E-state index contributed by atoms with van der Waals surface area (Å²) < 4.78 is 7.30. The maximum atomic E-state index is 12.8. The molecule has 6 nitrogen and oxygen atoms in total. The number of anilines is 1. The van der Waals surface area contributed by atoms with Crippen LogP contribution in [0.15, 0.2) is 24.3 Å². The first-order chi connectivity index (χ1) is 12.5. The highest BCUT2D eigenvalue weighted by atomic mass is 16.5. The summed E-state index contributed by atoms with van der Waals surface area (Å²) in [5.74, 6) is 0.112. The van der Waals surface area contributed by atoms with Crippen LogP contribution >= 0.6 is 0 Å². The molecule has 3 rings (SSSR count). The first-order valence-corrected chi connectivity index (χ1v) is 9.11. The number of nitrogens with zero attached hydrogens (tertiary/aromatic N) is 4. The van der Waals surface area contributed by atoms with Crippen molar-refractivity contribution in [1.82, 2.24) is 14.7 Å². The largest absolute Gasteiger partial charge is 0.378 e. The van der Waals surface area contributed by atoms with Gasteiger partial charge >= 0.3 is 0 Å². The number of hydrogen-bond donors (Lipinski definition) is 0. The first kappa shape index (κ1) is 18.5. The lowest BCUT2D eigenvalue weighted by Gasteiger charge is -2.31. The van der Waals surface area contributed by atoms with Crippen LogP contribution in [-0.2, 0) is 29.5 Å². The van der Waals surface area contributed by atoms with Gasteiger partial charge in [0.1, 0.15) is 0 Å². The molecule has 0 spiro atoms. The van der Waals surface area contributed by atoms with Gasteiger partial charge in [-0.1, -0.05) is 18.2 Å². The molecular formula is C20H28N4O2. The minimum Gasteiger partial charge on any atom is -0.378 e. The summed E-state index contributed by atoms with van der Waals surface area (Å²) in [5.41, 5.74) is 5.39. The molecule has 140 valence electrons. The van der Waals surface area contributed by atoms with E-state index in [0.29, 0.717) is 13.0 Å². The second-order valence-electron chi connectivity index (χ2n) is 6.93. The van der Waals surface area contributed by atoms with Gasteiger partial charge in [-0.3, -0.25) is 9.48 Å². The van der Waals surface area contributed by atoms with Crippen LogP contribution in [0.3, 0.4) is 0 Å². The van der Waals surface area contributed by atoms with E-state index in [4.69, 9.17) is 4.74 Å². The molecule has 0 bridgehead atoms. The van der Waals surface area contributed by atoms with Gasteiger partial charge in [-0.2, -0.15) is 5.10 Å². The minimum absolute atomic E-state index is 0.112. The lowest BCUT2D eigenvalue weighted by atomic mass is 10.1. The molecule has 1 aromatic heterocycles. The van der Waals surface area contributed by atoms with Crippen LogP contribution in [0.25, 0.3) is 0 Å². The molecule has 2 heterocycles. The lowest BCUT2D eigenvalue weighted by molar-refractivity contribution is -0.129. The number of hydrogen-bond acceptors (Lipinski definition) is 4. The minimum atomic E-state index is 0.112. The van der Waals surface area contributed by atoms with E-state index in [9.17, 15) is 4.79 Å². The Morgan fingerprint density at radius 3 is 2.58 bits per heavy atom. The Bertz CT molecular complexity index is 778. The standard InChI is InChI=1S/C20H28N4O2/c1-15-18(16(2)23(4)21-15)13-20(25)22(3)14-17-7-5-6-8-19(17)24-9-11-26-12-10-24/h5-8H,9-14H2,1-4H3. The fourth-order valence-corrected chi connectivity index (χ4v) is 3.46. The van der Waals surface area contributed by atoms with Crippen molar-refractivity contribution in [3.63, 3.8) is 0 Å². The van der Waals surface area contributed by atoms with Gasteiger partial charge in [0.25, 0.3) is 0 Å². The van der Waals surface area contributed by atoms with E-state index in [1.165, 1.54) is 11.3 Å². The first-order valence-electron chi connectivity index (χ1n) is 9.11. The molecule has 1 saturated heterocycles. The molecule has 0 saturated carbocycles. The number of benzene rings is 1. The Hall–Kier alpha value is -2.34. The molecule has 2 aromatic rings. The highest BCUT2D eigenvalue weighted by Gasteiger charge is 2.19. The van der Waals surface area contributed by atoms with Crippen LogP contribution in [0, 0.1) is 13.8 Å². The Kier molecular flexibility index (Phi) is 5.61. The van der Waals surface area contributed by atoms with Crippen molar-refractivity contribution >= 4 is 11.6 Å². The second kappa shape index (κ2) is 7.91. The van der Waals surface area contributed by atoms with Crippen molar-refractivity contribution < 1.29 is 9.53 Å². The molecule has 1 aromatic carbocycles. The number of ether oxygens (including phenoxy) is 1.